The van der Waals surface area contributed by atoms with Crippen molar-refractivity contribution in [1.82, 2.24) is 9.88 Å². The smallest absolute Gasteiger partial charge is 0.382 e. The number of hydrogen-bond donors (Lipinski definition) is 1. The van der Waals surface area contributed by atoms with E-state index in [2.05, 4.69) is 15.2 Å². The highest BCUT2D eigenvalue weighted by molar-refractivity contribution is 7.90. The molecule has 0 amide bonds. The zero-order valence-electron chi connectivity index (χ0n) is 15.0. The molecule has 0 saturated carbocycles. The van der Waals surface area contributed by atoms with Gasteiger partial charge in [0.2, 0.25) is 0 Å². The van der Waals surface area contributed by atoms with E-state index in [0.717, 1.165) is 43.8 Å². The van der Waals surface area contributed by atoms with Crippen LogP contribution in [0.3, 0.4) is 0 Å². The van der Waals surface area contributed by atoms with E-state index >= 15 is 0 Å². The van der Waals surface area contributed by atoms with Gasteiger partial charge in [-0.15, -0.1) is 0 Å². The van der Waals surface area contributed by atoms with E-state index in [1.807, 2.05) is 0 Å². The number of anilines is 1. The Morgan fingerprint density at radius 2 is 1.93 bits per heavy atom. The first kappa shape index (κ1) is 19.9. The fourth-order valence-corrected chi connectivity index (χ4v) is 3.86. The summed E-state index contributed by atoms with van der Waals surface area (Å²) in [6.45, 7) is 2.10. The van der Waals surface area contributed by atoms with E-state index in [4.69, 9.17) is 0 Å². The first-order valence-electron chi connectivity index (χ1n) is 8.74. The molecule has 2 aromatic rings. The van der Waals surface area contributed by atoms with Crippen LogP contribution >= 0.6 is 0 Å². The van der Waals surface area contributed by atoms with Gasteiger partial charge in [0.25, 0.3) is 0 Å². The number of sulfone groups is 1. The van der Waals surface area contributed by atoms with Crippen LogP contribution in [-0.2, 0) is 16.0 Å². The molecule has 0 unspecified atom stereocenters. The Labute approximate surface area is 156 Å². The van der Waals surface area contributed by atoms with Gasteiger partial charge in [-0.25, -0.2) is 8.42 Å². The number of piperidine rings is 1. The quantitative estimate of drug-likeness (QED) is 0.834. The third kappa shape index (κ3) is 5.32. The molecule has 0 spiro atoms. The lowest BCUT2D eigenvalue weighted by Crippen LogP contribution is -2.41. The molecule has 1 aliphatic heterocycles. The van der Waals surface area contributed by atoms with Crippen molar-refractivity contribution in [3.63, 3.8) is 0 Å². The standard InChI is InChI=1S/C18H22F3N3O2S/c1-27(25,26)11-10-24-8-5-14(6-9-24)23-16-4-7-22-17-12-13(18(19,20)21)2-3-15(16)17/h2-4,7,12,14H,5-6,8-11H2,1H3,(H,22,23). The van der Waals surface area contributed by atoms with Gasteiger partial charge in [0.15, 0.2) is 0 Å². The lowest BCUT2D eigenvalue weighted by Gasteiger charge is -2.32. The molecule has 2 heterocycles. The number of nitrogens with zero attached hydrogens (tertiary/aromatic N) is 2. The Kier molecular flexibility index (Phi) is 5.62. The predicted octanol–water partition coefficient (Wildman–Crippen LogP) is 3.17. The minimum absolute atomic E-state index is 0.154. The van der Waals surface area contributed by atoms with Crippen LogP contribution in [0.15, 0.2) is 30.5 Å². The molecule has 1 fully saturated rings. The van der Waals surface area contributed by atoms with Crippen molar-refractivity contribution in [3.05, 3.63) is 36.0 Å². The molecule has 1 aromatic heterocycles. The summed E-state index contributed by atoms with van der Waals surface area (Å²) in [5.74, 6) is 0.154. The van der Waals surface area contributed by atoms with Crippen molar-refractivity contribution in [1.29, 1.82) is 0 Å². The van der Waals surface area contributed by atoms with Crippen molar-refractivity contribution in [3.8, 4) is 0 Å². The second-order valence-corrected chi connectivity index (χ2v) is 9.24. The summed E-state index contributed by atoms with van der Waals surface area (Å²) in [6.07, 6.45) is 0.0344. The van der Waals surface area contributed by atoms with Gasteiger partial charge in [-0.05, 0) is 31.0 Å². The monoisotopic (exact) mass is 401 g/mol. The lowest BCUT2D eigenvalue weighted by molar-refractivity contribution is -0.137. The maximum absolute atomic E-state index is 12.9. The molecule has 1 N–H and O–H groups in total. The largest absolute Gasteiger partial charge is 0.416 e. The van der Waals surface area contributed by atoms with E-state index in [0.29, 0.717) is 17.4 Å². The van der Waals surface area contributed by atoms with Gasteiger partial charge < -0.3 is 10.2 Å². The normalized spacial score (nSPS) is 17.3. The maximum atomic E-state index is 12.9. The first-order valence-corrected chi connectivity index (χ1v) is 10.8. The van der Waals surface area contributed by atoms with Crippen LogP contribution in [0, 0.1) is 0 Å². The van der Waals surface area contributed by atoms with Crippen molar-refractivity contribution < 1.29 is 21.6 Å². The molecule has 0 aliphatic carbocycles. The van der Waals surface area contributed by atoms with Crippen LogP contribution in [0.1, 0.15) is 18.4 Å². The van der Waals surface area contributed by atoms with Gasteiger partial charge in [-0.1, -0.05) is 6.07 Å². The minimum Gasteiger partial charge on any atom is -0.382 e. The Balaban J connectivity index is 1.66. The minimum atomic E-state index is -4.39. The number of alkyl halides is 3. The number of likely N-dealkylation sites (tertiary alicyclic amines) is 1. The number of rotatable bonds is 5. The van der Waals surface area contributed by atoms with E-state index in [1.165, 1.54) is 18.5 Å². The van der Waals surface area contributed by atoms with Crippen LogP contribution in [0.5, 0.6) is 0 Å². The highest BCUT2D eigenvalue weighted by Crippen LogP contribution is 2.33. The molecular formula is C18H22F3N3O2S. The highest BCUT2D eigenvalue weighted by Gasteiger charge is 2.30. The summed E-state index contributed by atoms with van der Waals surface area (Å²) in [4.78, 5) is 6.19. The topological polar surface area (TPSA) is 62.3 Å². The third-order valence-electron chi connectivity index (χ3n) is 4.80. The van der Waals surface area contributed by atoms with Crippen LogP contribution in [0.2, 0.25) is 0 Å². The van der Waals surface area contributed by atoms with Gasteiger partial charge in [0, 0.05) is 49.2 Å². The van der Waals surface area contributed by atoms with E-state index in [-0.39, 0.29) is 11.8 Å². The average Bonchev–Trinajstić information content (AvgIpc) is 2.59. The average molecular weight is 401 g/mol. The number of nitrogens with one attached hydrogen (secondary N) is 1. The van der Waals surface area contributed by atoms with E-state index in [1.54, 1.807) is 6.07 Å². The molecule has 1 saturated heterocycles. The molecule has 0 radical (unpaired) electrons. The van der Waals surface area contributed by atoms with Gasteiger partial charge in [-0.3, -0.25) is 4.98 Å². The summed E-state index contributed by atoms with van der Waals surface area (Å²) in [6, 6.07) is 5.55. The molecule has 0 bridgehead atoms. The molecule has 0 atom stereocenters. The summed E-state index contributed by atoms with van der Waals surface area (Å²) in [5.41, 5.74) is 0.363. The van der Waals surface area contributed by atoms with E-state index in [9.17, 15) is 21.6 Å². The van der Waals surface area contributed by atoms with Gasteiger partial charge >= 0.3 is 6.18 Å². The second kappa shape index (κ2) is 7.63. The summed E-state index contributed by atoms with van der Waals surface area (Å²) in [5, 5.41) is 4.07. The highest BCUT2D eigenvalue weighted by atomic mass is 32.2. The van der Waals surface area contributed by atoms with Crippen LogP contribution in [0.4, 0.5) is 18.9 Å². The number of pyridine rings is 1. The van der Waals surface area contributed by atoms with Crippen molar-refractivity contribution in [2.24, 2.45) is 0 Å². The number of fused-ring (bicyclic) bond motifs is 1. The van der Waals surface area contributed by atoms with Crippen LogP contribution in [-0.4, -0.2) is 56.0 Å². The SMILES string of the molecule is CS(=O)(=O)CCN1CCC(Nc2ccnc3cc(C(F)(F)F)ccc23)CC1. The fraction of sp³-hybridized carbons (Fsp3) is 0.500. The van der Waals surface area contributed by atoms with Crippen molar-refractivity contribution >= 4 is 26.4 Å². The van der Waals surface area contributed by atoms with Gasteiger partial charge in [0.1, 0.15) is 9.84 Å². The Morgan fingerprint density at radius 1 is 1.22 bits per heavy atom. The molecule has 5 nitrogen and oxygen atoms in total. The Hall–Kier alpha value is -1.87. The fourth-order valence-electron chi connectivity index (χ4n) is 3.27. The van der Waals surface area contributed by atoms with Crippen molar-refractivity contribution in [2.45, 2.75) is 25.1 Å². The molecule has 27 heavy (non-hydrogen) atoms. The Bertz CT molecular complexity index is 908. The number of benzene rings is 1. The molecule has 1 aliphatic rings. The lowest BCUT2D eigenvalue weighted by atomic mass is 10.0. The van der Waals surface area contributed by atoms with E-state index < -0.39 is 21.6 Å². The number of aromatic nitrogens is 1. The maximum Gasteiger partial charge on any atom is 0.416 e. The third-order valence-corrected chi connectivity index (χ3v) is 5.72. The first-order chi connectivity index (χ1) is 12.6. The second-order valence-electron chi connectivity index (χ2n) is 6.98. The molecule has 148 valence electrons. The molecular weight excluding hydrogens is 379 g/mol. The molecule has 1 aromatic carbocycles. The predicted molar refractivity (Wildman–Crippen MR) is 99.5 cm³/mol. The summed E-state index contributed by atoms with van der Waals surface area (Å²) < 4.78 is 61.2. The van der Waals surface area contributed by atoms with Crippen molar-refractivity contribution in [2.75, 3.05) is 37.0 Å². The molecule has 3 rings (SSSR count). The zero-order valence-corrected chi connectivity index (χ0v) is 15.8. The Morgan fingerprint density at radius 3 is 2.56 bits per heavy atom. The number of hydrogen-bond acceptors (Lipinski definition) is 5. The van der Waals surface area contributed by atoms with Crippen LogP contribution in [0.25, 0.3) is 10.9 Å². The number of halogens is 3. The summed E-state index contributed by atoms with van der Waals surface area (Å²) in [7, 11) is -2.97. The van der Waals surface area contributed by atoms with Gasteiger partial charge in [0.05, 0.1) is 16.8 Å². The summed E-state index contributed by atoms with van der Waals surface area (Å²) >= 11 is 0. The van der Waals surface area contributed by atoms with Gasteiger partial charge in [-0.2, -0.15) is 13.2 Å². The molecule has 9 heteroatoms. The zero-order chi connectivity index (χ0) is 19.7. The van der Waals surface area contributed by atoms with Crippen LogP contribution < -0.4 is 5.32 Å².